The predicted octanol–water partition coefficient (Wildman–Crippen LogP) is 6.18. The number of carbonyl (C=O) groups is 1. The Morgan fingerprint density at radius 3 is 2.63 bits per heavy atom. The number of halogens is 3. The average molecular weight is 550 g/mol. The topological polar surface area (TPSA) is 72.3 Å². The molecule has 38 heavy (non-hydrogen) atoms. The van der Waals surface area contributed by atoms with Gasteiger partial charge in [-0.1, -0.05) is 47.5 Å². The van der Waals surface area contributed by atoms with Crippen molar-refractivity contribution in [3.63, 3.8) is 0 Å². The van der Waals surface area contributed by atoms with Gasteiger partial charge in [0.1, 0.15) is 17.0 Å². The maximum absolute atomic E-state index is 14.8. The molecule has 0 atom stereocenters. The highest BCUT2D eigenvalue weighted by atomic mass is 35.5. The number of rotatable bonds is 5. The summed E-state index contributed by atoms with van der Waals surface area (Å²) in [4.78, 5) is 21.2. The van der Waals surface area contributed by atoms with Gasteiger partial charge in [0.2, 0.25) is 0 Å². The molecule has 1 aromatic heterocycles. The van der Waals surface area contributed by atoms with Crippen LogP contribution in [0.4, 0.5) is 14.9 Å². The molecule has 1 saturated heterocycles. The highest BCUT2D eigenvalue weighted by Gasteiger charge is 2.48. The first-order chi connectivity index (χ1) is 18.4. The Morgan fingerprint density at radius 2 is 1.92 bits per heavy atom. The van der Waals surface area contributed by atoms with E-state index in [-0.39, 0.29) is 18.1 Å². The number of hydrogen-bond donors (Lipinski definition) is 1. The zero-order chi connectivity index (χ0) is 26.7. The van der Waals surface area contributed by atoms with Crippen molar-refractivity contribution < 1.29 is 9.18 Å². The van der Waals surface area contributed by atoms with Gasteiger partial charge in [-0.2, -0.15) is 5.26 Å². The number of hydrogen-bond acceptors (Lipinski definition) is 4. The molecule has 0 bridgehead atoms. The van der Waals surface area contributed by atoms with E-state index in [0.717, 1.165) is 43.6 Å². The maximum Gasteiger partial charge on any atom is 0.322 e. The predicted molar refractivity (Wildman–Crippen MR) is 148 cm³/mol. The molecule has 2 aliphatic heterocycles. The van der Waals surface area contributed by atoms with E-state index in [0.29, 0.717) is 28.0 Å². The van der Waals surface area contributed by atoms with Gasteiger partial charge in [0.25, 0.3) is 0 Å². The summed E-state index contributed by atoms with van der Waals surface area (Å²) in [6.07, 6.45) is 7.21. The number of benzene rings is 2. The van der Waals surface area contributed by atoms with E-state index in [1.54, 1.807) is 29.3 Å². The molecule has 1 spiro atoms. The largest absolute Gasteiger partial charge is 0.334 e. The van der Waals surface area contributed by atoms with E-state index in [1.165, 1.54) is 6.07 Å². The van der Waals surface area contributed by atoms with Gasteiger partial charge in [-0.15, -0.1) is 0 Å². The highest BCUT2D eigenvalue weighted by Crippen LogP contribution is 2.49. The van der Waals surface area contributed by atoms with Crippen LogP contribution in [-0.4, -0.2) is 42.1 Å². The van der Waals surface area contributed by atoms with Crippen molar-refractivity contribution in [2.45, 2.75) is 24.8 Å². The van der Waals surface area contributed by atoms with Crippen molar-refractivity contribution in [1.29, 1.82) is 5.26 Å². The number of pyridine rings is 1. The summed E-state index contributed by atoms with van der Waals surface area (Å²) in [5.41, 5.74) is 2.72. The van der Waals surface area contributed by atoms with Crippen molar-refractivity contribution in [2.75, 3.05) is 31.1 Å². The Bertz CT molecular complexity index is 1410. The van der Waals surface area contributed by atoms with E-state index in [2.05, 4.69) is 33.4 Å². The third-order valence-corrected chi connectivity index (χ3v) is 7.82. The van der Waals surface area contributed by atoms with Crippen LogP contribution in [0.15, 0.2) is 60.8 Å². The molecule has 2 aromatic carbocycles. The first kappa shape index (κ1) is 26.2. The van der Waals surface area contributed by atoms with Gasteiger partial charge in [0, 0.05) is 41.8 Å². The van der Waals surface area contributed by atoms with Crippen LogP contribution in [0, 0.1) is 17.1 Å². The van der Waals surface area contributed by atoms with Crippen LogP contribution in [0.2, 0.25) is 10.2 Å². The van der Waals surface area contributed by atoms with Gasteiger partial charge in [-0.25, -0.2) is 14.2 Å². The molecule has 6 nitrogen and oxygen atoms in total. The fourth-order valence-electron chi connectivity index (χ4n) is 5.39. The first-order valence-electron chi connectivity index (χ1n) is 12.4. The van der Waals surface area contributed by atoms with E-state index in [4.69, 9.17) is 23.2 Å². The van der Waals surface area contributed by atoms with Gasteiger partial charge in [-0.05, 0) is 73.5 Å². The third kappa shape index (κ3) is 5.39. The second-order valence-electron chi connectivity index (χ2n) is 9.69. The van der Waals surface area contributed by atoms with Gasteiger partial charge >= 0.3 is 6.03 Å². The minimum absolute atomic E-state index is 0.0369. The molecular formula is C29H26Cl2FN5O. The molecule has 0 radical (unpaired) electrons. The lowest BCUT2D eigenvalue weighted by Gasteiger charge is -2.39. The molecular weight excluding hydrogens is 524 g/mol. The number of aromatic nitrogens is 1. The maximum atomic E-state index is 14.8. The van der Waals surface area contributed by atoms with Gasteiger partial charge < -0.3 is 5.32 Å². The number of nitrogens with one attached hydrogen (secondary N) is 1. The van der Waals surface area contributed by atoms with Crippen LogP contribution in [0.1, 0.15) is 35.1 Å². The van der Waals surface area contributed by atoms with E-state index in [1.807, 2.05) is 24.3 Å². The SMILES string of the molecule is N#Cc1c(F)ccc2c1C1(CCN(CC=Cc3ccc(Cl)cc3)CC1)CN2C(=O)NCc1ccnc(Cl)c1. The summed E-state index contributed by atoms with van der Waals surface area (Å²) in [5, 5.41) is 13.8. The second-order valence-corrected chi connectivity index (χ2v) is 10.5. The van der Waals surface area contributed by atoms with Crippen LogP contribution in [-0.2, 0) is 12.0 Å². The number of anilines is 1. The summed E-state index contributed by atoms with van der Waals surface area (Å²) >= 11 is 11.9. The number of fused-ring (bicyclic) bond motifs is 2. The zero-order valence-electron chi connectivity index (χ0n) is 20.6. The Morgan fingerprint density at radius 1 is 1.16 bits per heavy atom. The molecule has 1 fully saturated rings. The summed E-state index contributed by atoms with van der Waals surface area (Å²) in [7, 11) is 0. The minimum Gasteiger partial charge on any atom is -0.334 e. The molecule has 194 valence electrons. The van der Waals surface area contributed by atoms with Crippen LogP contribution >= 0.6 is 23.2 Å². The van der Waals surface area contributed by atoms with Gasteiger partial charge in [0.15, 0.2) is 0 Å². The molecule has 5 rings (SSSR count). The molecule has 9 heteroatoms. The summed E-state index contributed by atoms with van der Waals surface area (Å²) in [5.74, 6) is -0.548. The highest BCUT2D eigenvalue weighted by molar-refractivity contribution is 6.30. The average Bonchev–Trinajstić information content (AvgIpc) is 3.23. The van der Waals surface area contributed by atoms with E-state index in [9.17, 15) is 14.4 Å². The molecule has 2 aliphatic rings. The Labute approximate surface area is 231 Å². The fourth-order valence-corrected chi connectivity index (χ4v) is 5.72. The van der Waals surface area contributed by atoms with Crippen LogP contribution in [0.3, 0.4) is 0 Å². The number of amides is 2. The minimum atomic E-state index is -0.548. The number of carbonyl (C=O) groups excluding carboxylic acids is 1. The third-order valence-electron chi connectivity index (χ3n) is 7.36. The Hall–Kier alpha value is -3.44. The lowest BCUT2D eigenvalue weighted by Crippen LogP contribution is -2.47. The summed E-state index contributed by atoms with van der Waals surface area (Å²) in [6.45, 7) is 3.00. The molecule has 3 heterocycles. The zero-order valence-corrected chi connectivity index (χ0v) is 22.1. The van der Waals surface area contributed by atoms with E-state index < -0.39 is 11.2 Å². The molecule has 0 saturated carbocycles. The van der Waals surface area contributed by atoms with Crippen LogP contribution < -0.4 is 10.2 Å². The lowest BCUT2D eigenvalue weighted by atomic mass is 9.72. The number of piperidine rings is 1. The number of nitrogens with zero attached hydrogens (tertiary/aromatic N) is 4. The molecule has 2 amide bonds. The van der Waals surface area contributed by atoms with Crippen molar-refractivity contribution >= 4 is 41.0 Å². The molecule has 1 N–H and O–H groups in total. The lowest BCUT2D eigenvalue weighted by molar-refractivity contribution is 0.179. The normalized spacial score (nSPS) is 16.5. The van der Waals surface area contributed by atoms with Crippen molar-refractivity contribution in [1.82, 2.24) is 15.2 Å². The van der Waals surface area contributed by atoms with Crippen molar-refractivity contribution in [2.24, 2.45) is 0 Å². The van der Waals surface area contributed by atoms with Crippen molar-refractivity contribution in [3.05, 3.63) is 99.1 Å². The standard InChI is InChI=1S/C29H26Cl2FN5O/c30-22-5-3-20(4-6-22)2-1-13-36-14-10-29(11-15-36)19-37(25-8-7-24(32)23(17-33)27(25)29)28(38)35-18-21-9-12-34-26(31)16-21/h1-9,12,16H,10-11,13-15,18-19H2,(H,35,38). The van der Waals surface area contributed by atoms with E-state index >= 15 is 0 Å². The molecule has 0 unspecified atom stereocenters. The quantitative estimate of drug-likeness (QED) is 0.386. The monoisotopic (exact) mass is 549 g/mol. The van der Waals surface area contributed by atoms with Crippen molar-refractivity contribution in [3.8, 4) is 6.07 Å². The summed E-state index contributed by atoms with van der Waals surface area (Å²) in [6, 6.07) is 15.8. The fraction of sp³-hybridized carbons (Fsp3) is 0.276. The van der Waals surface area contributed by atoms with Crippen LogP contribution in [0.5, 0.6) is 0 Å². The number of nitriles is 1. The smallest absolute Gasteiger partial charge is 0.322 e. The van der Waals surface area contributed by atoms with Gasteiger partial charge in [-0.3, -0.25) is 9.80 Å². The Balaban J connectivity index is 1.31. The first-order valence-corrected chi connectivity index (χ1v) is 13.2. The van der Waals surface area contributed by atoms with Gasteiger partial charge in [0.05, 0.1) is 11.3 Å². The molecule has 3 aromatic rings. The van der Waals surface area contributed by atoms with Crippen LogP contribution in [0.25, 0.3) is 6.08 Å². The molecule has 0 aliphatic carbocycles. The summed E-state index contributed by atoms with van der Waals surface area (Å²) < 4.78 is 14.8. The number of urea groups is 1. The second kappa shape index (κ2) is 11.1. The Kier molecular flexibility index (Phi) is 7.66. The number of likely N-dealkylation sites (tertiary alicyclic amines) is 1.